The Morgan fingerprint density at radius 3 is 2.95 bits per heavy atom. The summed E-state index contributed by atoms with van der Waals surface area (Å²) in [5, 5.41) is 22.1. The van der Waals surface area contributed by atoms with Crippen molar-refractivity contribution in [1.82, 2.24) is 24.2 Å². The van der Waals surface area contributed by atoms with Crippen LogP contribution in [-0.2, 0) is 24.2 Å². The molecule has 3 fully saturated rings. The predicted molar refractivity (Wildman–Crippen MR) is 156 cm³/mol. The first-order chi connectivity index (χ1) is 20.4. The Bertz CT molecular complexity index is 1470. The van der Waals surface area contributed by atoms with Crippen molar-refractivity contribution < 1.29 is 28.4 Å². The van der Waals surface area contributed by atoms with E-state index in [-0.39, 0.29) is 51.8 Å². The lowest BCUT2D eigenvalue weighted by molar-refractivity contribution is -0.109. The van der Waals surface area contributed by atoms with Gasteiger partial charge < -0.3 is 28.7 Å². The average molecular weight is 614 g/mol. The van der Waals surface area contributed by atoms with E-state index in [0.717, 1.165) is 24.9 Å². The number of fused-ring (bicyclic) bond motifs is 2. The molecule has 13 nitrogen and oxygen atoms in total. The van der Waals surface area contributed by atoms with E-state index in [9.17, 15) is 9.90 Å². The Labute approximate surface area is 246 Å². The Balaban J connectivity index is 1.24. The molecule has 0 aliphatic carbocycles. The highest BCUT2D eigenvalue weighted by atomic mass is 31.2. The van der Waals surface area contributed by atoms with Crippen LogP contribution in [0.1, 0.15) is 51.3 Å². The summed E-state index contributed by atoms with van der Waals surface area (Å²) in [6.45, 7) is 4.42. The molecule has 7 atom stereocenters. The maximum atomic E-state index is 11.6. The lowest BCUT2D eigenvalue weighted by Gasteiger charge is -2.29. The Hall–Kier alpha value is -2.81. The number of hydrogen-bond donors (Lipinski definition) is 2. The van der Waals surface area contributed by atoms with Gasteiger partial charge in [-0.2, -0.15) is 15.2 Å². The molecule has 1 unspecified atom stereocenters. The van der Waals surface area contributed by atoms with Crippen LogP contribution in [0.4, 0.5) is 5.95 Å². The van der Waals surface area contributed by atoms with Gasteiger partial charge in [0.25, 0.3) is 8.53 Å². The second-order valence-corrected chi connectivity index (χ2v) is 13.1. The van der Waals surface area contributed by atoms with Gasteiger partial charge in [-0.05, 0) is 25.3 Å². The third-order valence-electron chi connectivity index (χ3n) is 7.77. The fourth-order valence-electron chi connectivity index (χ4n) is 5.74. The summed E-state index contributed by atoms with van der Waals surface area (Å²) in [5.41, 5.74) is 1.43. The summed E-state index contributed by atoms with van der Waals surface area (Å²) in [7, 11) is -1.60. The standard InChI is InChI=1S/C27H33N7O6P2/c1-17(36)41-32-26-30-24-23(25(31-26)37-13-7-11-28)29-16-33(24)22-14-19(20(15-35)38-22)39-42-34-12-6-10-21(34)27(2,40-42)18-8-4-3-5-9-18/h3-5,8-9,16,19-22,35,41H,6-7,10,12-15H2,1-2H3,(H,30,31,32)/t19-,20-,21-,22-,27+,42-/m1/s1. The van der Waals surface area contributed by atoms with Gasteiger partial charge in [-0.25, -0.2) is 9.65 Å². The lowest BCUT2D eigenvalue weighted by Crippen LogP contribution is -2.36. The van der Waals surface area contributed by atoms with Crippen LogP contribution in [0.2, 0.25) is 0 Å². The number of ether oxygens (including phenoxy) is 2. The number of aliphatic hydroxyl groups is 1. The van der Waals surface area contributed by atoms with Gasteiger partial charge in [-0.3, -0.25) is 9.36 Å². The van der Waals surface area contributed by atoms with E-state index in [4.69, 9.17) is 23.8 Å². The Kier molecular flexibility index (Phi) is 8.66. The molecule has 0 saturated carbocycles. The highest BCUT2D eigenvalue weighted by molar-refractivity contribution is 7.59. The van der Waals surface area contributed by atoms with Gasteiger partial charge in [0.05, 0.1) is 37.6 Å². The van der Waals surface area contributed by atoms with Gasteiger partial charge in [-0.1, -0.05) is 30.3 Å². The number of nitrogens with one attached hydrogen (secondary N) is 1. The van der Waals surface area contributed by atoms with E-state index < -0.39 is 32.6 Å². The normalized spacial score (nSPS) is 29.3. The number of carbonyl (C=O) groups is 1. The number of benzene rings is 1. The van der Waals surface area contributed by atoms with E-state index in [1.807, 2.05) is 24.3 Å². The number of imidazole rings is 1. The minimum Gasteiger partial charge on any atom is -0.475 e. The van der Waals surface area contributed by atoms with Crippen LogP contribution >= 0.6 is 17.3 Å². The van der Waals surface area contributed by atoms with Crippen LogP contribution in [-0.4, -0.2) is 72.8 Å². The third kappa shape index (κ3) is 5.61. The third-order valence-corrected chi connectivity index (χ3v) is 10.4. The van der Waals surface area contributed by atoms with Crippen LogP contribution in [0.3, 0.4) is 0 Å². The lowest BCUT2D eigenvalue weighted by atomic mass is 9.87. The topological polar surface area (TPSA) is 157 Å². The van der Waals surface area contributed by atoms with E-state index in [2.05, 4.69) is 43.8 Å². The van der Waals surface area contributed by atoms with Crippen molar-refractivity contribution >= 4 is 39.9 Å². The first-order valence-corrected chi connectivity index (χ1v) is 16.1. The molecule has 3 saturated heterocycles. The number of carbonyl (C=O) groups excluding carboxylic acids is 1. The molecule has 6 rings (SSSR count). The van der Waals surface area contributed by atoms with E-state index >= 15 is 0 Å². The molecule has 222 valence electrons. The summed E-state index contributed by atoms with van der Waals surface area (Å²) < 4.78 is 29.4. The van der Waals surface area contributed by atoms with Gasteiger partial charge in [0.1, 0.15) is 24.5 Å². The van der Waals surface area contributed by atoms with Gasteiger partial charge in [0.2, 0.25) is 11.8 Å². The Morgan fingerprint density at radius 1 is 1.36 bits per heavy atom. The monoisotopic (exact) mass is 613 g/mol. The predicted octanol–water partition coefficient (Wildman–Crippen LogP) is 3.97. The number of rotatable bonds is 11. The van der Waals surface area contributed by atoms with Crippen molar-refractivity contribution in [2.24, 2.45) is 0 Å². The molecule has 2 N–H and O–H groups in total. The van der Waals surface area contributed by atoms with Crippen molar-refractivity contribution in [3.05, 3.63) is 42.2 Å². The van der Waals surface area contributed by atoms with E-state index in [1.165, 1.54) is 6.92 Å². The molecule has 42 heavy (non-hydrogen) atoms. The Morgan fingerprint density at radius 2 is 2.19 bits per heavy atom. The minimum absolute atomic E-state index is 0.0521. The summed E-state index contributed by atoms with van der Waals surface area (Å²) in [4.78, 5) is 25.0. The molecular formula is C27H33N7O6P2. The van der Waals surface area contributed by atoms with Gasteiger partial charge in [-0.15, -0.1) is 0 Å². The molecule has 2 aromatic heterocycles. The first-order valence-electron chi connectivity index (χ1n) is 13.9. The van der Waals surface area contributed by atoms with Crippen LogP contribution in [0.5, 0.6) is 5.88 Å². The second-order valence-electron chi connectivity index (χ2n) is 10.6. The number of nitrogens with zero attached hydrogens (tertiary/aromatic N) is 6. The molecule has 0 radical (unpaired) electrons. The first kappa shape index (κ1) is 29.3. The van der Waals surface area contributed by atoms with E-state index in [1.54, 1.807) is 10.9 Å². The van der Waals surface area contributed by atoms with Crippen molar-refractivity contribution in [1.29, 1.82) is 5.26 Å². The number of anilines is 1. The number of aliphatic hydroxyl groups excluding tert-OH is 1. The fourth-order valence-corrected chi connectivity index (χ4v) is 8.28. The largest absolute Gasteiger partial charge is 0.475 e. The maximum Gasteiger partial charge on any atom is 0.260 e. The summed E-state index contributed by atoms with van der Waals surface area (Å²) in [6.07, 6.45) is 2.78. The SMILES string of the molecule is CC(=O)PNc1nc(OCCC#N)c2ncn([C@H]3C[C@@H](O[P@]4O[C@@](C)(c5ccccc5)[C@H]5CCCN54)[C@@H](CO)O3)c2n1. The molecule has 5 heterocycles. The van der Waals surface area contributed by atoms with Crippen molar-refractivity contribution in [2.45, 2.75) is 69.6 Å². The zero-order valence-corrected chi connectivity index (χ0v) is 25.2. The second kappa shape index (κ2) is 12.4. The summed E-state index contributed by atoms with van der Waals surface area (Å²) in [6, 6.07) is 12.5. The molecule has 3 aliphatic rings. The zero-order chi connectivity index (χ0) is 29.3. The maximum absolute atomic E-state index is 11.6. The van der Waals surface area contributed by atoms with Crippen LogP contribution in [0.25, 0.3) is 11.2 Å². The molecule has 15 heteroatoms. The quantitative estimate of drug-likeness (QED) is 0.237. The van der Waals surface area contributed by atoms with Gasteiger partial charge >= 0.3 is 0 Å². The van der Waals surface area contributed by atoms with Crippen molar-refractivity contribution in [2.75, 3.05) is 24.8 Å². The molecule has 0 spiro atoms. The van der Waals surface area contributed by atoms with Crippen LogP contribution in [0, 0.1) is 11.3 Å². The van der Waals surface area contributed by atoms with Gasteiger partial charge in [0.15, 0.2) is 16.7 Å². The fraction of sp³-hybridized carbons (Fsp3) is 0.519. The van der Waals surface area contributed by atoms with E-state index in [0.29, 0.717) is 17.6 Å². The molecule has 3 aliphatic heterocycles. The molecule has 1 aromatic carbocycles. The van der Waals surface area contributed by atoms with Crippen LogP contribution < -0.4 is 9.82 Å². The average Bonchev–Trinajstić information content (AvgIpc) is 3.78. The summed E-state index contributed by atoms with van der Waals surface area (Å²) >= 11 is 0. The number of aromatic nitrogens is 4. The number of hydrogen-bond acceptors (Lipinski definition) is 12. The highest BCUT2D eigenvalue weighted by Gasteiger charge is 2.56. The highest BCUT2D eigenvalue weighted by Crippen LogP contribution is 2.64. The number of nitriles is 1. The zero-order valence-electron chi connectivity index (χ0n) is 23.3. The molecule has 0 amide bonds. The summed E-state index contributed by atoms with van der Waals surface area (Å²) in [5.74, 6) is 0.412. The van der Waals surface area contributed by atoms with Gasteiger partial charge in [0, 0.05) is 28.6 Å². The van der Waals surface area contributed by atoms with Crippen molar-refractivity contribution in [3.63, 3.8) is 0 Å². The smallest absolute Gasteiger partial charge is 0.260 e. The minimum atomic E-state index is -1.38. The molecular weight excluding hydrogens is 580 g/mol. The molecule has 3 aromatic rings. The molecule has 0 bridgehead atoms. The van der Waals surface area contributed by atoms with Crippen LogP contribution in [0.15, 0.2) is 36.7 Å². The van der Waals surface area contributed by atoms with Crippen molar-refractivity contribution in [3.8, 4) is 11.9 Å².